The highest BCUT2D eigenvalue weighted by molar-refractivity contribution is 7.92. The van der Waals surface area contributed by atoms with Crippen molar-refractivity contribution < 1.29 is 13.2 Å². The lowest BCUT2D eigenvalue weighted by Crippen LogP contribution is -2.35. The number of amides is 1. The van der Waals surface area contributed by atoms with Crippen molar-refractivity contribution in [1.29, 1.82) is 0 Å². The zero-order valence-corrected chi connectivity index (χ0v) is 24.0. The molecular weight excluding hydrogens is 539 g/mol. The topological polar surface area (TPSA) is 70.6 Å². The van der Waals surface area contributed by atoms with Crippen LogP contribution in [0, 0.1) is 13.8 Å². The molecule has 0 saturated carbocycles. The maximum absolute atomic E-state index is 14.0. The molecule has 0 unspecified atom stereocenters. The summed E-state index contributed by atoms with van der Waals surface area (Å²) in [6.07, 6.45) is 1.63. The predicted octanol–water partition coefficient (Wildman–Crippen LogP) is 6.90. The Kier molecular flexibility index (Phi) is 6.90. The van der Waals surface area contributed by atoms with Crippen molar-refractivity contribution in [2.45, 2.75) is 38.1 Å². The molecule has 4 aromatic carbocycles. The monoisotopic (exact) mass is 567 g/mol. The van der Waals surface area contributed by atoms with Gasteiger partial charge in [-0.15, -0.1) is 0 Å². The molecule has 6 rings (SSSR count). The maximum Gasteiger partial charge on any atom is 0.264 e. The largest absolute Gasteiger partial charge is 0.279 e. The second-order valence-electron chi connectivity index (χ2n) is 10.1. The second kappa shape index (κ2) is 10.5. The summed E-state index contributed by atoms with van der Waals surface area (Å²) >= 11 is 1.50. The van der Waals surface area contributed by atoms with Crippen LogP contribution in [0.2, 0.25) is 0 Å². The Morgan fingerprint density at radius 3 is 2.35 bits per heavy atom. The van der Waals surface area contributed by atoms with E-state index in [2.05, 4.69) is 6.07 Å². The number of hydrogen-bond donors (Lipinski definition) is 0. The van der Waals surface area contributed by atoms with Crippen molar-refractivity contribution in [3.05, 3.63) is 119 Å². The van der Waals surface area contributed by atoms with E-state index in [0.29, 0.717) is 23.8 Å². The number of aromatic nitrogens is 1. The van der Waals surface area contributed by atoms with Gasteiger partial charge in [0, 0.05) is 12.1 Å². The Hall–Kier alpha value is -4.01. The Bertz CT molecular complexity index is 1780. The molecule has 0 spiro atoms. The minimum absolute atomic E-state index is 0.168. The van der Waals surface area contributed by atoms with Gasteiger partial charge < -0.3 is 0 Å². The number of anilines is 2. The van der Waals surface area contributed by atoms with E-state index in [1.807, 2.05) is 74.5 Å². The number of fused-ring (bicyclic) bond motifs is 2. The van der Waals surface area contributed by atoms with Gasteiger partial charge in [0.2, 0.25) is 0 Å². The van der Waals surface area contributed by atoms with Crippen LogP contribution in [0.25, 0.3) is 10.2 Å². The molecule has 1 aliphatic heterocycles. The number of benzene rings is 4. The van der Waals surface area contributed by atoms with Crippen molar-refractivity contribution in [1.82, 2.24) is 4.98 Å². The average Bonchev–Trinajstić information content (AvgIpc) is 3.44. The maximum atomic E-state index is 14.0. The fourth-order valence-corrected chi connectivity index (χ4v) is 7.81. The lowest BCUT2D eigenvalue weighted by Gasteiger charge is -2.30. The van der Waals surface area contributed by atoms with Crippen LogP contribution in [0.15, 0.2) is 95.9 Å². The minimum atomic E-state index is -3.77. The third-order valence-electron chi connectivity index (χ3n) is 7.35. The van der Waals surface area contributed by atoms with Gasteiger partial charge in [-0.2, -0.15) is 0 Å². The van der Waals surface area contributed by atoms with Crippen LogP contribution in [0.5, 0.6) is 0 Å². The highest BCUT2D eigenvalue weighted by atomic mass is 32.2. The Balaban J connectivity index is 1.35. The normalized spacial score (nSPS) is 13.3. The minimum Gasteiger partial charge on any atom is -0.279 e. The summed E-state index contributed by atoms with van der Waals surface area (Å²) in [6.45, 7) is 4.85. The van der Waals surface area contributed by atoms with E-state index in [0.717, 1.165) is 51.0 Å². The number of carbonyl (C=O) groups is 1. The van der Waals surface area contributed by atoms with Crippen LogP contribution < -0.4 is 9.21 Å². The van der Waals surface area contributed by atoms with Crippen LogP contribution in [-0.4, -0.2) is 25.9 Å². The van der Waals surface area contributed by atoms with E-state index in [9.17, 15) is 13.2 Å². The second-order valence-corrected chi connectivity index (χ2v) is 12.9. The summed E-state index contributed by atoms with van der Waals surface area (Å²) in [5.74, 6) is -0.231. The van der Waals surface area contributed by atoms with Crippen LogP contribution in [0.3, 0.4) is 0 Å². The molecule has 0 aliphatic carbocycles. The van der Waals surface area contributed by atoms with Gasteiger partial charge in [0.05, 0.1) is 27.3 Å². The average molecular weight is 568 g/mol. The smallest absolute Gasteiger partial charge is 0.264 e. The molecule has 6 nitrogen and oxygen atoms in total. The van der Waals surface area contributed by atoms with Crippen LogP contribution in [-0.2, 0) is 23.0 Å². The van der Waals surface area contributed by atoms with Gasteiger partial charge in [-0.3, -0.25) is 14.0 Å². The summed E-state index contributed by atoms with van der Waals surface area (Å²) in [5, 5.41) is 0.614. The van der Waals surface area contributed by atoms with Crippen molar-refractivity contribution in [3.8, 4) is 0 Å². The van der Waals surface area contributed by atoms with Crippen molar-refractivity contribution >= 4 is 48.3 Å². The van der Waals surface area contributed by atoms with Gasteiger partial charge in [0.25, 0.3) is 15.9 Å². The number of aryl methyl sites for hydroxylation is 3. The molecule has 2 heterocycles. The zero-order chi connectivity index (χ0) is 27.9. The third-order valence-corrected chi connectivity index (χ3v) is 10.4. The number of rotatable bonds is 6. The molecule has 1 aliphatic rings. The zero-order valence-electron chi connectivity index (χ0n) is 22.4. The van der Waals surface area contributed by atoms with Gasteiger partial charge >= 0.3 is 0 Å². The summed E-state index contributed by atoms with van der Waals surface area (Å²) < 4.78 is 29.8. The van der Waals surface area contributed by atoms with E-state index >= 15 is 0 Å². The number of nitrogens with zero attached hydrogens (tertiary/aromatic N) is 3. The molecule has 0 N–H and O–H groups in total. The van der Waals surface area contributed by atoms with Crippen LogP contribution >= 0.6 is 11.3 Å². The summed E-state index contributed by atoms with van der Waals surface area (Å²) in [7, 11) is -3.77. The molecule has 202 valence electrons. The Morgan fingerprint density at radius 2 is 1.60 bits per heavy atom. The lowest BCUT2D eigenvalue weighted by atomic mass is 10.0. The molecule has 0 atom stereocenters. The predicted molar refractivity (Wildman–Crippen MR) is 162 cm³/mol. The molecular formula is C32H29N3O3S2. The fraction of sp³-hybridized carbons (Fsp3) is 0.188. The van der Waals surface area contributed by atoms with Crippen molar-refractivity contribution in [2.75, 3.05) is 15.7 Å². The Morgan fingerprint density at radius 1 is 0.900 bits per heavy atom. The van der Waals surface area contributed by atoms with Gasteiger partial charge in [0.1, 0.15) is 0 Å². The number of para-hydroxylation sites is 1. The van der Waals surface area contributed by atoms with Gasteiger partial charge in [-0.25, -0.2) is 13.4 Å². The van der Waals surface area contributed by atoms with Gasteiger partial charge in [-0.05, 0) is 79.3 Å². The summed E-state index contributed by atoms with van der Waals surface area (Å²) in [5.41, 5.74) is 6.21. The van der Waals surface area contributed by atoms with Crippen molar-refractivity contribution in [2.24, 2.45) is 0 Å². The quantitative estimate of drug-likeness (QED) is 0.224. The summed E-state index contributed by atoms with van der Waals surface area (Å²) in [4.78, 5) is 20.7. The summed E-state index contributed by atoms with van der Waals surface area (Å²) in [6, 6.07) is 27.8. The first-order valence-electron chi connectivity index (χ1n) is 13.3. The first kappa shape index (κ1) is 26.2. The number of carbonyl (C=O) groups excluding carboxylic acids is 1. The molecule has 0 radical (unpaired) electrons. The molecule has 0 fully saturated rings. The standard InChI is InChI=1S/C32H29N3O3S2/c1-22-14-15-23(2)30-29(22)33-32(39-30)34(21-24-9-4-3-5-10-24)31(36)26-16-18-27(19-17-26)40(37,38)35-20-8-12-25-11-6-7-13-28(25)35/h3-7,9-11,13-19H,8,12,20-21H2,1-2H3. The number of hydrogen-bond acceptors (Lipinski definition) is 5. The van der Waals surface area contributed by atoms with E-state index in [-0.39, 0.29) is 10.8 Å². The highest BCUT2D eigenvalue weighted by Gasteiger charge is 2.29. The van der Waals surface area contributed by atoms with Crippen molar-refractivity contribution in [3.63, 3.8) is 0 Å². The Labute approximate surface area is 238 Å². The third kappa shape index (κ3) is 4.78. The SMILES string of the molecule is Cc1ccc(C)c2sc(N(Cc3ccccc3)C(=O)c3ccc(S(=O)(=O)N4CCCc5ccccc54)cc3)nc12. The number of thiazole rings is 1. The van der Waals surface area contributed by atoms with Crippen LogP contribution in [0.1, 0.15) is 39.0 Å². The number of sulfonamides is 1. The molecule has 40 heavy (non-hydrogen) atoms. The van der Waals surface area contributed by atoms with Gasteiger partial charge in [-0.1, -0.05) is 72.0 Å². The first-order valence-corrected chi connectivity index (χ1v) is 15.5. The van der Waals surface area contributed by atoms with E-state index in [4.69, 9.17) is 4.98 Å². The molecule has 5 aromatic rings. The molecule has 0 bridgehead atoms. The molecule has 0 saturated heterocycles. The van der Waals surface area contributed by atoms with E-state index < -0.39 is 10.0 Å². The molecule has 1 amide bonds. The van der Waals surface area contributed by atoms with E-state index in [1.54, 1.807) is 17.0 Å². The lowest BCUT2D eigenvalue weighted by molar-refractivity contribution is 0.0985. The van der Waals surface area contributed by atoms with E-state index in [1.165, 1.54) is 27.8 Å². The van der Waals surface area contributed by atoms with Crippen LogP contribution in [0.4, 0.5) is 10.8 Å². The molecule has 1 aromatic heterocycles. The first-order chi connectivity index (χ1) is 19.3. The van der Waals surface area contributed by atoms with Gasteiger partial charge in [0.15, 0.2) is 5.13 Å². The molecule has 8 heteroatoms. The highest BCUT2D eigenvalue weighted by Crippen LogP contribution is 2.35. The fourth-order valence-electron chi connectivity index (χ4n) is 5.16.